The van der Waals surface area contributed by atoms with E-state index in [9.17, 15) is 9.90 Å². The van der Waals surface area contributed by atoms with Crippen LogP contribution in [0.5, 0.6) is 0 Å². The van der Waals surface area contributed by atoms with Gasteiger partial charge in [-0.05, 0) is 44.0 Å². The van der Waals surface area contributed by atoms with Crippen molar-refractivity contribution in [2.45, 2.75) is 44.6 Å². The van der Waals surface area contributed by atoms with Crippen molar-refractivity contribution >= 4 is 27.5 Å². The molecule has 0 radical (unpaired) electrons. The van der Waals surface area contributed by atoms with Gasteiger partial charge in [-0.2, -0.15) is 0 Å². The summed E-state index contributed by atoms with van der Waals surface area (Å²) in [5.41, 5.74) is 5.64. The first kappa shape index (κ1) is 18.3. The van der Waals surface area contributed by atoms with Gasteiger partial charge in [-0.3, -0.25) is 0 Å². The lowest BCUT2D eigenvalue weighted by Crippen LogP contribution is -2.13. The molecule has 27 heavy (non-hydrogen) atoms. The number of nitrogens with one attached hydrogen (secondary N) is 1. The number of carboxylic acid groups (broad SMARTS) is 1. The second-order valence-electron chi connectivity index (χ2n) is 7.77. The Kier molecular flexibility index (Phi) is 5.06. The minimum Gasteiger partial charge on any atom is -0.477 e. The van der Waals surface area contributed by atoms with Crippen LogP contribution in [0.3, 0.4) is 0 Å². The molecule has 2 aromatic heterocycles. The van der Waals surface area contributed by atoms with Crippen LogP contribution < -0.4 is 0 Å². The molecular weight excluding hydrogens is 356 g/mol. The lowest BCUT2D eigenvalue weighted by molar-refractivity contribution is 0.0700. The Morgan fingerprint density at radius 1 is 1.19 bits per heavy atom. The average molecular weight is 383 g/mol. The number of thiophene rings is 1. The summed E-state index contributed by atoms with van der Waals surface area (Å²) in [6, 6.07) is 10.5. The summed E-state index contributed by atoms with van der Waals surface area (Å²) in [6.07, 6.45) is 6.20. The zero-order valence-electron chi connectivity index (χ0n) is 15.9. The molecule has 142 valence electrons. The highest BCUT2D eigenvalue weighted by atomic mass is 32.1. The summed E-state index contributed by atoms with van der Waals surface area (Å²) in [5.74, 6) is -0.312. The monoisotopic (exact) mass is 382 g/mol. The number of hydrogen-bond acceptors (Lipinski definition) is 3. The topological polar surface area (TPSA) is 56.3 Å². The molecule has 4 rings (SSSR count). The molecule has 0 bridgehead atoms. The van der Waals surface area contributed by atoms with Gasteiger partial charge in [0.1, 0.15) is 4.88 Å². The van der Waals surface area contributed by atoms with E-state index in [0.29, 0.717) is 17.3 Å². The van der Waals surface area contributed by atoms with E-state index in [2.05, 4.69) is 29.2 Å². The van der Waals surface area contributed by atoms with Crippen molar-refractivity contribution < 1.29 is 9.90 Å². The van der Waals surface area contributed by atoms with Crippen LogP contribution >= 0.6 is 11.3 Å². The molecule has 4 nitrogen and oxygen atoms in total. The zero-order chi connectivity index (χ0) is 19.0. The smallest absolute Gasteiger partial charge is 0.346 e. The minimum atomic E-state index is -0.822. The third-order valence-electron chi connectivity index (χ3n) is 5.52. The van der Waals surface area contributed by atoms with Gasteiger partial charge in [0.15, 0.2) is 0 Å². The fourth-order valence-electron chi connectivity index (χ4n) is 4.35. The Balaban J connectivity index is 1.96. The van der Waals surface area contributed by atoms with E-state index in [1.165, 1.54) is 60.3 Å². The van der Waals surface area contributed by atoms with Crippen molar-refractivity contribution in [3.05, 3.63) is 46.3 Å². The average Bonchev–Trinajstić information content (AvgIpc) is 3.20. The molecule has 1 aliphatic rings. The molecular formula is C22H26N2O2S. The van der Waals surface area contributed by atoms with E-state index >= 15 is 0 Å². The van der Waals surface area contributed by atoms with Crippen molar-refractivity contribution in [1.29, 1.82) is 0 Å². The summed E-state index contributed by atoms with van der Waals surface area (Å²) in [7, 11) is 3.97. The van der Waals surface area contributed by atoms with Crippen molar-refractivity contribution in [3.63, 3.8) is 0 Å². The lowest BCUT2D eigenvalue weighted by atomic mass is 9.83. The van der Waals surface area contributed by atoms with Gasteiger partial charge >= 0.3 is 5.97 Å². The number of aromatic carboxylic acids is 1. The van der Waals surface area contributed by atoms with Gasteiger partial charge in [0.2, 0.25) is 0 Å². The number of carbonyl (C=O) groups is 1. The molecule has 0 aliphatic heterocycles. The number of rotatable bonds is 5. The molecule has 2 N–H and O–H groups in total. The normalized spacial score (nSPS) is 15.7. The Bertz CT molecular complexity index is 950. The van der Waals surface area contributed by atoms with Crippen LogP contribution in [0.15, 0.2) is 30.3 Å². The van der Waals surface area contributed by atoms with E-state index in [-0.39, 0.29) is 0 Å². The Morgan fingerprint density at radius 2 is 1.89 bits per heavy atom. The first-order valence-corrected chi connectivity index (χ1v) is 10.5. The quantitative estimate of drug-likeness (QED) is 0.595. The fourth-order valence-corrected chi connectivity index (χ4v) is 5.58. The molecule has 0 saturated heterocycles. The lowest BCUT2D eigenvalue weighted by Gasteiger charge is -2.22. The number of hydrogen-bond donors (Lipinski definition) is 2. The third-order valence-corrected chi connectivity index (χ3v) is 6.77. The molecule has 0 unspecified atom stereocenters. The highest BCUT2D eigenvalue weighted by Crippen LogP contribution is 2.46. The van der Waals surface area contributed by atoms with E-state index in [4.69, 9.17) is 0 Å². The number of fused-ring (bicyclic) bond motifs is 1. The predicted octanol–water partition coefficient (Wildman–Crippen LogP) is 5.70. The zero-order valence-corrected chi connectivity index (χ0v) is 16.7. The van der Waals surface area contributed by atoms with E-state index < -0.39 is 5.97 Å². The second-order valence-corrected chi connectivity index (χ2v) is 8.79. The molecule has 1 aromatic carbocycles. The highest BCUT2D eigenvalue weighted by Gasteiger charge is 2.29. The molecule has 1 aliphatic carbocycles. The molecule has 1 fully saturated rings. The SMILES string of the molecule is CN(C)Cc1c(C(=O)O)sc2c(C3CCCCC3)c(-c3ccccc3)[nH]c12. The van der Waals surface area contributed by atoms with E-state index in [1.807, 2.05) is 25.1 Å². The number of carboxylic acids is 1. The maximum Gasteiger partial charge on any atom is 0.346 e. The highest BCUT2D eigenvalue weighted by molar-refractivity contribution is 7.21. The Morgan fingerprint density at radius 3 is 2.52 bits per heavy atom. The van der Waals surface area contributed by atoms with Crippen LogP contribution in [0.2, 0.25) is 0 Å². The van der Waals surface area contributed by atoms with Crippen LogP contribution in [-0.2, 0) is 6.54 Å². The van der Waals surface area contributed by atoms with Crippen molar-refractivity contribution in [2.75, 3.05) is 14.1 Å². The second kappa shape index (κ2) is 7.49. The first-order valence-electron chi connectivity index (χ1n) is 9.67. The standard InChI is InChI=1S/C22H26N2O2S/c1-24(2)13-16-19-21(27-20(16)22(25)26)17(14-9-5-3-6-10-14)18(23-19)15-11-7-4-8-12-15/h4,7-8,11-12,14,23H,3,5-6,9-10,13H2,1-2H3,(H,25,26). The molecule has 1 saturated carbocycles. The molecule has 0 amide bonds. The van der Waals surface area contributed by atoms with Gasteiger partial charge in [0.05, 0.1) is 15.9 Å². The molecule has 2 heterocycles. The molecule has 0 atom stereocenters. The number of aromatic nitrogens is 1. The van der Waals surface area contributed by atoms with Crippen molar-refractivity contribution in [1.82, 2.24) is 9.88 Å². The van der Waals surface area contributed by atoms with E-state index in [0.717, 1.165) is 15.8 Å². The van der Waals surface area contributed by atoms with Gasteiger partial charge in [-0.1, -0.05) is 49.6 Å². The summed E-state index contributed by atoms with van der Waals surface area (Å²) in [5, 5.41) is 9.76. The number of benzene rings is 1. The maximum absolute atomic E-state index is 11.9. The number of H-pyrrole nitrogens is 1. The van der Waals surface area contributed by atoms with Crippen molar-refractivity contribution in [3.8, 4) is 11.3 Å². The molecule has 0 spiro atoms. The Hall–Kier alpha value is -2.11. The first-order chi connectivity index (χ1) is 13.1. The molecule has 5 heteroatoms. The van der Waals surface area contributed by atoms with Gasteiger partial charge in [0.25, 0.3) is 0 Å². The van der Waals surface area contributed by atoms with Crippen LogP contribution in [-0.4, -0.2) is 35.1 Å². The number of nitrogens with zero attached hydrogens (tertiary/aromatic N) is 1. The van der Waals surface area contributed by atoms with Gasteiger partial charge < -0.3 is 15.0 Å². The molecule has 3 aromatic rings. The number of aromatic amines is 1. The Labute approximate surface area is 163 Å². The van der Waals surface area contributed by atoms with Crippen LogP contribution in [0.4, 0.5) is 0 Å². The third kappa shape index (κ3) is 3.42. The largest absolute Gasteiger partial charge is 0.477 e. The predicted molar refractivity (Wildman–Crippen MR) is 112 cm³/mol. The van der Waals surface area contributed by atoms with Crippen LogP contribution in [0.1, 0.15) is 58.8 Å². The minimum absolute atomic E-state index is 0.474. The summed E-state index contributed by atoms with van der Waals surface area (Å²) < 4.78 is 1.15. The summed E-state index contributed by atoms with van der Waals surface area (Å²) >= 11 is 1.45. The van der Waals surface area contributed by atoms with Crippen LogP contribution in [0, 0.1) is 0 Å². The van der Waals surface area contributed by atoms with Gasteiger partial charge in [0, 0.05) is 12.1 Å². The van der Waals surface area contributed by atoms with Crippen LogP contribution in [0.25, 0.3) is 21.5 Å². The fraction of sp³-hybridized carbons (Fsp3) is 0.409. The summed E-state index contributed by atoms with van der Waals surface area (Å²) in [6.45, 7) is 0.625. The maximum atomic E-state index is 11.9. The van der Waals surface area contributed by atoms with Crippen molar-refractivity contribution in [2.24, 2.45) is 0 Å². The van der Waals surface area contributed by atoms with Gasteiger partial charge in [-0.25, -0.2) is 4.79 Å². The summed E-state index contributed by atoms with van der Waals surface area (Å²) in [4.78, 5) is 18.1. The van der Waals surface area contributed by atoms with Gasteiger partial charge in [-0.15, -0.1) is 11.3 Å². The van der Waals surface area contributed by atoms with E-state index in [1.54, 1.807) is 0 Å².